The van der Waals surface area contributed by atoms with Gasteiger partial charge in [-0.1, -0.05) is 35.5 Å². The molecule has 6 heteroatoms. The van der Waals surface area contributed by atoms with E-state index in [1.54, 1.807) is 0 Å². The van der Waals surface area contributed by atoms with E-state index < -0.39 is 5.97 Å². The molecule has 17 heavy (non-hydrogen) atoms. The summed E-state index contributed by atoms with van der Waals surface area (Å²) in [6, 6.07) is 9.40. The smallest absolute Gasteiger partial charge is 0.312 e. The number of ether oxygens (including phenoxy) is 1. The quantitative estimate of drug-likeness (QED) is 0.790. The molecule has 0 saturated heterocycles. The number of hydrogen-bond acceptors (Lipinski definition) is 6. The minimum Gasteiger partial charge on any atom is -0.461 e. The van der Waals surface area contributed by atoms with Gasteiger partial charge < -0.3 is 10.5 Å². The molecule has 0 spiro atoms. The van der Waals surface area contributed by atoms with Crippen molar-refractivity contribution < 1.29 is 14.2 Å². The fraction of sp³-hybridized carbons (Fsp3) is 0.182. The Kier molecular flexibility index (Phi) is 3.34. The zero-order valence-corrected chi connectivity index (χ0v) is 9.00. The normalized spacial score (nSPS) is 10.1. The summed E-state index contributed by atoms with van der Waals surface area (Å²) in [5, 5.41) is 6.87. The van der Waals surface area contributed by atoms with Gasteiger partial charge in [-0.05, 0) is 10.7 Å². The summed E-state index contributed by atoms with van der Waals surface area (Å²) in [7, 11) is 0. The molecular formula is C11H11N3O3. The van der Waals surface area contributed by atoms with E-state index in [9.17, 15) is 4.79 Å². The van der Waals surface area contributed by atoms with E-state index in [0.29, 0.717) is 5.69 Å². The maximum atomic E-state index is 11.4. The van der Waals surface area contributed by atoms with Gasteiger partial charge in [0.05, 0.1) is 6.42 Å². The minimum absolute atomic E-state index is 0.0395. The summed E-state index contributed by atoms with van der Waals surface area (Å²) in [5.41, 5.74) is 6.64. The maximum Gasteiger partial charge on any atom is 0.312 e. The summed E-state index contributed by atoms with van der Waals surface area (Å²) in [5.74, 6) is -0.307. The van der Waals surface area contributed by atoms with Crippen LogP contribution in [0.5, 0.6) is 0 Å². The molecule has 1 heterocycles. The molecule has 6 nitrogen and oxygen atoms in total. The third kappa shape index (κ3) is 3.04. The SMILES string of the molecule is Nc1nonc1CC(=O)OCc1ccccc1. The van der Waals surface area contributed by atoms with Crippen LogP contribution in [0.1, 0.15) is 11.3 Å². The standard InChI is InChI=1S/C11H11N3O3/c12-11-9(13-17-14-11)6-10(15)16-7-8-4-2-1-3-5-8/h1-5H,6-7H2,(H2,12,14). The Morgan fingerprint density at radius 1 is 1.29 bits per heavy atom. The molecule has 0 unspecified atom stereocenters. The Balaban J connectivity index is 1.85. The van der Waals surface area contributed by atoms with Gasteiger partial charge in [0.2, 0.25) is 0 Å². The molecule has 1 aromatic carbocycles. The number of nitrogens with two attached hydrogens (primary N) is 1. The highest BCUT2D eigenvalue weighted by molar-refractivity contribution is 5.73. The van der Waals surface area contributed by atoms with Crippen LogP contribution in [-0.2, 0) is 22.6 Å². The van der Waals surface area contributed by atoms with Crippen LogP contribution in [0.25, 0.3) is 0 Å². The zero-order valence-electron chi connectivity index (χ0n) is 9.00. The van der Waals surface area contributed by atoms with Crippen molar-refractivity contribution in [2.24, 2.45) is 0 Å². The lowest BCUT2D eigenvalue weighted by Crippen LogP contribution is -2.09. The average Bonchev–Trinajstić information content (AvgIpc) is 2.74. The highest BCUT2D eigenvalue weighted by atomic mass is 16.6. The third-order valence-corrected chi connectivity index (χ3v) is 2.14. The lowest BCUT2D eigenvalue weighted by atomic mass is 10.2. The molecule has 88 valence electrons. The number of rotatable bonds is 4. The van der Waals surface area contributed by atoms with Crippen molar-refractivity contribution >= 4 is 11.8 Å². The second-order valence-electron chi connectivity index (χ2n) is 3.42. The lowest BCUT2D eigenvalue weighted by Gasteiger charge is -2.03. The van der Waals surface area contributed by atoms with Crippen molar-refractivity contribution in [3.05, 3.63) is 41.6 Å². The topological polar surface area (TPSA) is 91.2 Å². The van der Waals surface area contributed by atoms with Crippen LogP contribution in [0.15, 0.2) is 35.0 Å². The van der Waals surface area contributed by atoms with E-state index >= 15 is 0 Å². The number of esters is 1. The van der Waals surface area contributed by atoms with Gasteiger partial charge in [-0.25, -0.2) is 4.63 Å². The summed E-state index contributed by atoms with van der Waals surface area (Å²) in [6.07, 6.45) is -0.0395. The molecule has 0 atom stereocenters. The van der Waals surface area contributed by atoms with Crippen LogP contribution in [-0.4, -0.2) is 16.3 Å². The first kappa shape index (κ1) is 11.1. The first-order valence-corrected chi connectivity index (χ1v) is 5.02. The second-order valence-corrected chi connectivity index (χ2v) is 3.42. The van der Waals surface area contributed by atoms with E-state index in [1.165, 1.54) is 0 Å². The van der Waals surface area contributed by atoms with Crippen molar-refractivity contribution in [1.82, 2.24) is 10.3 Å². The van der Waals surface area contributed by atoms with Crippen LogP contribution in [0.4, 0.5) is 5.82 Å². The molecule has 0 amide bonds. The molecule has 0 fully saturated rings. The van der Waals surface area contributed by atoms with E-state index in [0.717, 1.165) is 5.56 Å². The molecule has 1 aromatic heterocycles. The zero-order chi connectivity index (χ0) is 12.1. The van der Waals surface area contributed by atoms with E-state index in [4.69, 9.17) is 10.5 Å². The number of hydrogen-bond donors (Lipinski definition) is 1. The Morgan fingerprint density at radius 3 is 2.71 bits per heavy atom. The monoisotopic (exact) mass is 233 g/mol. The summed E-state index contributed by atoms with van der Waals surface area (Å²) in [6.45, 7) is 0.227. The van der Waals surface area contributed by atoms with Gasteiger partial charge in [0.15, 0.2) is 5.82 Å². The van der Waals surface area contributed by atoms with Gasteiger partial charge in [0.25, 0.3) is 0 Å². The minimum atomic E-state index is -0.420. The molecule has 2 rings (SSSR count). The van der Waals surface area contributed by atoms with E-state index in [-0.39, 0.29) is 18.8 Å². The number of carbonyl (C=O) groups is 1. The summed E-state index contributed by atoms with van der Waals surface area (Å²) in [4.78, 5) is 11.4. The molecular weight excluding hydrogens is 222 g/mol. The number of benzene rings is 1. The Morgan fingerprint density at radius 2 is 2.06 bits per heavy atom. The Bertz CT molecular complexity index is 496. The van der Waals surface area contributed by atoms with Crippen LogP contribution in [0, 0.1) is 0 Å². The summed E-state index contributed by atoms with van der Waals surface area (Å²) >= 11 is 0. The van der Waals surface area contributed by atoms with Gasteiger partial charge in [0.1, 0.15) is 12.3 Å². The number of nitrogen functional groups attached to an aromatic ring is 1. The van der Waals surface area contributed by atoms with Crippen LogP contribution < -0.4 is 5.73 Å². The fourth-order valence-corrected chi connectivity index (χ4v) is 1.26. The molecule has 0 aliphatic carbocycles. The molecule has 0 radical (unpaired) electrons. The van der Waals surface area contributed by atoms with Crippen molar-refractivity contribution in [1.29, 1.82) is 0 Å². The number of anilines is 1. The average molecular weight is 233 g/mol. The maximum absolute atomic E-state index is 11.4. The summed E-state index contributed by atoms with van der Waals surface area (Å²) < 4.78 is 9.43. The van der Waals surface area contributed by atoms with Crippen LogP contribution in [0.3, 0.4) is 0 Å². The van der Waals surface area contributed by atoms with Gasteiger partial charge in [-0.2, -0.15) is 0 Å². The van der Waals surface area contributed by atoms with E-state index in [2.05, 4.69) is 14.9 Å². The number of nitrogens with zero attached hydrogens (tertiary/aromatic N) is 2. The lowest BCUT2D eigenvalue weighted by molar-refractivity contribution is -0.144. The van der Waals surface area contributed by atoms with Crippen molar-refractivity contribution in [3.8, 4) is 0 Å². The first-order valence-electron chi connectivity index (χ1n) is 5.02. The molecule has 0 bridgehead atoms. The molecule has 0 aliphatic rings. The predicted octanol–water partition coefficient (Wildman–Crippen LogP) is 0.938. The third-order valence-electron chi connectivity index (χ3n) is 2.14. The van der Waals surface area contributed by atoms with Gasteiger partial charge >= 0.3 is 5.97 Å². The van der Waals surface area contributed by atoms with Gasteiger partial charge in [-0.3, -0.25) is 4.79 Å². The molecule has 0 aliphatic heterocycles. The predicted molar refractivity (Wildman–Crippen MR) is 58.7 cm³/mol. The van der Waals surface area contributed by atoms with Gasteiger partial charge in [0, 0.05) is 0 Å². The fourth-order valence-electron chi connectivity index (χ4n) is 1.26. The highest BCUT2D eigenvalue weighted by Gasteiger charge is 2.12. The first-order chi connectivity index (χ1) is 8.25. The van der Waals surface area contributed by atoms with Gasteiger partial charge in [-0.15, -0.1) is 0 Å². The largest absolute Gasteiger partial charge is 0.461 e. The van der Waals surface area contributed by atoms with E-state index in [1.807, 2.05) is 30.3 Å². The molecule has 0 saturated carbocycles. The Labute approximate surface area is 97.3 Å². The highest BCUT2D eigenvalue weighted by Crippen LogP contribution is 2.07. The Hall–Kier alpha value is -2.37. The van der Waals surface area contributed by atoms with Crippen molar-refractivity contribution in [3.63, 3.8) is 0 Å². The van der Waals surface area contributed by atoms with Crippen LogP contribution in [0.2, 0.25) is 0 Å². The number of carbonyl (C=O) groups excluding carboxylic acids is 1. The number of aromatic nitrogens is 2. The molecule has 2 aromatic rings. The van der Waals surface area contributed by atoms with Crippen molar-refractivity contribution in [2.45, 2.75) is 13.0 Å². The van der Waals surface area contributed by atoms with Crippen LogP contribution >= 0.6 is 0 Å². The second kappa shape index (κ2) is 5.11. The molecule has 2 N–H and O–H groups in total. The van der Waals surface area contributed by atoms with Crippen molar-refractivity contribution in [2.75, 3.05) is 5.73 Å².